The van der Waals surface area contributed by atoms with E-state index < -0.39 is 42.6 Å². The van der Waals surface area contributed by atoms with Crippen LogP contribution in [0.3, 0.4) is 0 Å². The molecule has 1 aromatic heterocycles. The van der Waals surface area contributed by atoms with Crippen molar-refractivity contribution in [2.75, 3.05) is 68.7 Å². The van der Waals surface area contributed by atoms with Crippen molar-refractivity contribution in [3.05, 3.63) is 88.3 Å². The second-order valence-corrected chi connectivity index (χ2v) is 19.9. The second-order valence-electron chi connectivity index (χ2n) is 16.3. The van der Waals surface area contributed by atoms with Gasteiger partial charge in [0.2, 0.25) is 17.8 Å². The van der Waals surface area contributed by atoms with Crippen molar-refractivity contribution in [3.63, 3.8) is 0 Å². The second kappa shape index (κ2) is 16.9. The van der Waals surface area contributed by atoms with E-state index in [2.05, 4.69) is 41.8 Å². The third-order valence-corrected chi connectivity index (χ3v) is 13.8. The Hall–Kier alpha value is -5.37. The van der Waals surface area contributed by atoms with Crippen LogP contribution in [0.15, 0.2) is 60.8 Å². The summed E-state index contributed by atoms with van der Waals surface area (Å²) < 4.78 is 34.2. The van der Waals surface area contributed by atoms with Crippen LogP contribution in [0.1, 0.15) is 70.7 Å². The first-order chi connectivity index (χ1) is 28.8. The molecule has 0 radical (unpaired) electrons. The maximum absolute atomic E-state index is 15.5. The summed E-state index contributed by atoms with van der Waals surface area (Å²) in [6.07, 6.45) is 5.06. The van der Waals surface area contributed by atoms with Crippen LogP contribution in [-0.4, -0.2) is 103 Å². The highest BCUT2D eigenvalue weighted by Crippen LogP contribution is 2.40. The first-order valence-electron chi connectivity index (χ1n) is 20.2. The van der Waals surface area contributed by atoms with Gasteiger partial charge in [0.05, 0.1) is 35.8 Å². The third-order valence-electron chi connectivity index (χ3n) is 12.0. The Morgan fingerprint density at radius 1 is 0.900 bits per heavy atom. The quantitative estimate of drug-likeness (QED) is 0.111. The van der Waals surface area contributed by atoms with Crippen LogP contribution < -0.4 is 30.9 Å². The molecule has 0 bridgehead atoms. The number of methoxy groups -OCH3 is 1. The van der Waals surface area contributed by atoms with Crippen LogP contribution in [0.2, 0.25) is 5.02 Å². The lowest BCUT2D eigenvalue weighted by Gasteiger charge is -2.38. The molecule has 3 N–H and O–H groups in total. The fourth-order valence-corrected chi connectivity index (χ4v) is 10.1. The molecule has 60 heavy (non-hydrogen) atoms. The molecule has 314 valence electrons. The van der Waals surface area contributed by atoms with Crippen molar-refractivity contribution in [3.8, 4) is 5.75 Å². The van der Waals surface area contributed by atoms with Crippen molar-refractivity contribution < 1.29 is 32.9 Å². The summed E-state index contributed by atoms with van der Waals surface area (Å²) in [7, 11) is -0.944. The van der Waals surface area contributed by atoms with Gasteiger partial charge in [0.1, 0.15) is 29.8 Å². The number of nitrogens with one attached hydrogen (secondary N) is 3. The maximum atomic E-state index is 15.5. The number of carbonyl (C=O) groups excluding carboxylic acids is 4. The van der Waals surface area contributed by atoms with E-state index in [9.17, 15) is 23.7 Å². The van der Waals surface area contributed by atoms with Gasteiger partial charge in [-0.2, -0.15) is 4.98 Å². The largest absolute Gasteiger partial charge is 0.494 e. The zero-order chi connectivity index (χ0) is 42.3. The first kappa shape index (κ1) is 41.4. The van der Waals surface area contributed by atoms with Gasteiger partial charge in [0, 0.05) is 43.1 Å². The smallest absolute Gasteiger partial charge is 0.262 e. The van der Waals surface area contributed by atoms with Crippen LogP contribution in [0.5, 0.6) is 5.75 Å². The Bertz CT molecular complexity index is 2410. The molecule has 4 aromatic rings. The Morgan fingerprint density at radius 2 is 1.62 bits per heavy atom. The normalized spacial score (nSPS) is 19.4. The van der Waals surface area contributed by atoms with Gasteiger partial charge in [0.25, 0.3) is 11.8 Å². The number of piperidine rings is 3. The number of amides is 4. The molecule has 3 fully saturated rings. The SMILES string of the molecule is COc1cc(N2CCC(CN3CCC(c4cc5c(cc4F)C(=O)N(C4CCC(=O)NC4=O)C5=O)CC3)CC2)ccc1Nc1ncc(Cl)c(Nc2ccccc2P(C)(C)=O)n1. The van der Waals surface area contributed by atoms with Gasteiger partial charge in [-0.1, -0.05) is 23.7 Å². The van der Waals surface area contributed by atoms with Crippen molar-refractivity contribution in [2.24, 2.45) is 5.92 Å². The molecule has 3 saturated heterocycles. The zero-order valence-electron chi connectivity index (χ0n) is 33.7. The summed E-state index contributed by atoms with van der Waals surface area (Å²) in [5.41, 5.74) is 2.90. The van der Waals surface area contributed by atoms with Gasteiger partial charge in [-0.05, 0) is 112 Å². The summed E-state index contributed by atoms with van der Waals surface area (Å²) in [6.45, 7) is 7.76. The molecule has 5 heterocycles. The lowest BCUT2D eigenvalue weighted by atomic mass is 9.86. The molecule has 14 nitrogen and oxygen atoms in total. The van der Waals surface area contributed by atoms with Crippen LogP contribution in [-0.2, 0) is 14.2 Å². The molecular weight excluding hydrogens is 810 g/mol. The number of anilines is 5. The lowest BCUT2D eigenvalue weighted by molar-refractivity contribution is -0.136. The number of hydrogen-bond acceptors (Lipinski definition) is 12. The van der Waals surface area contributed by atoms with Crippen molar-refractivity contribution in [1.29, 1.82) is 0 Å². The average molecular weight is 857 g/mol. The molecule has 1 unspecified atom stereocenters. The highest BCUT2D eigenvalue weighted by molar-refractivity contribution is 7.70. The van der Waals surface area contributed by atoms with Gasteiger partial charge in [-0.25, -0.2) is 9.37 Å². The number of rotatable bonds is 11. The van der Waals surface area contributed by atoms with E-state index in [0.717, 1.165) is 75.1 Å². The van der Waals surface area contributed by atoms with Crippen LogP contribution in [0.25, 0.3) is 0 Å². The number of fused-ring (bicyclic) bond motifs is 1. The highest BCUT2D eigenvalue weighted by Gasteiger charge is 2.45. The minimum Gasteiger partial charge on any atom is -0.494 e. The number of nitrogens with zero attached hydrogens (tertiary/aromatic N) is 5. The van der Waals surface area contributed by atoms with E-state index in [1.807, 2.05) is 36.4 Å². The van der Waals surface area contributed by atoms with Crippen LogP contribution in [0.4, 0.5) is 33.2 Å². The van der Waals surface area contributed by atoms with E-state index in [1.165, 1.54) is 12.3 Å². The van der Waals surface area contributed by atoms with Gasteiger partial charge >= 0.3 is 0 Å². The van der Waals surface area contributed by atoms with Crippen molar-refractivity contribution >= 4 is 76.5 Å². The van der Waals surface area contributed by atoms with Crippen LogP contribution in [0, 0.1) is 11.7 Å². The average Bonchev–Trinajstić information content (AvgIpc) is 3.46. The zero-order valence-corrected chi connectivity index (χ0v) is 35.3. The first-order valence-corrected chi connectivity index (χ1v) is 23.2. The summed E-state index contributed by atoms with van der Waals surface area (Å²) in [4.78, 5) is 65.2. The summed E-state index contributed by atoms with van der Waals surface area (Å²) >= 11 is 6.47. The number of imide groups is 2. The number of para-hydroxylation sites is 1. The number of hydrogen-bond donors (Lipinski definition) is 3. The molecule has 4 aliphatic rings. The van der Waals surface area contributed by atoms with Gasteiger partial charge in [-0.3, -0.25) is 29.4 Å². The minimum atomic E-state index is -2.57. The Kier molecular flexibility index (Phi) is 11.7. The Balaban J connectivity index is 0.842. The molecular formula is C43H47ClFN8O6P. The molecule has 8 rings (SSSR count). The molecule has 1 atom stereocenters. The Morgan fingerprint density at radius 3 is 2.32 bits per heavy atom. The van der Waals surface area contributed by atoms with Gasteiger partial charge < -0.3 is 29.7 Å². The predicted molar refractivity (Wildman–Crippen MR) is 229 cm³/mol. The molecule has 0 spiro atoms. The molecule has 4 amide bonds. The highest BCUT2D eigenvalue weighted by atomic mass is 35.5. The summed E-state index contributed by atoms with van der Waals surface area (Å²) in [6, 6.07) is 14.9. The number of ether oxygens (including phenoxy) is 1. The number of likely N-dealkylation sites (tertiary alicyclic amines) is 1. The van der Waals surface area contributed by atoms with Gasteiger partial charge in [0.15, 0.2) is 5.82 Å². The summed E-state index contributed by atoms with van der Waals surface area (Å²) in [5.74, 6) is -1.24. The standard InChI is InChI=1S/C43H47ClFN8O6P/c1-59-36-20-27(8-9-33(36)48-43-46-23-31(44)39(50-43)47-34-6-4-5-7-37(34)60(2,3)58)52-18-12-25(13-19-52)24-51-16-14-26(15-17-51)28-21-29-30(22-32(28)45)42(57)53(41(29)56)35-10-11-38(54)49-40(35)55/h4-9,20-23,25-26,35H,10-19,24H2,1-3H3,(H,49,54,55)(H2,46,47,48,50). The fourth-order valence-electron chi connectivity index (χ4n) is 8.78. The van der Waals surface area contributed by atoms with Crippen molar-refractivity contribution in [2.45, 2.75) is 50.5 Å². The topological polar surface area (TPSA) is 166 Å². The van der Waals surface area contributed by atoms with E-state index in [-0.39, 0.29) is 29.9 Å². The minimum absolute atomic E-state index is 0.0226. The molecule has 0 aliphatic carbocycles. The molecule has 17 heteroatoms. The number of benzene rings is 3. The fraction of sp³-hybridized carbons (Fsp3) is 0.395. The van der Waals surface area contributed by atoms with Crippen LogP contribution >= 0.6 is 18.7 Å². The monoisotopic (exact) mass is 856 g/mol. The number of aromatic nitrogens is 2. The van der Waals surface area contributed by atoms with E-state index in [0.29, 0.717) is 50.7 Å². The Labute approximate surface area is 352 Å². The summed E-state index contributed by atoms with van der Waals surface area (Å²) in [5, 5.41) is 9.69. The van der Waals surface area contributed by atoms with Crippen molar-refractivity contribution in [1.82, 2.24) is 25.1 Å². The van der Waals surface area contributed by atoms with E-state index in [1.54, 1.807) is 20.4 Å². The maximum Gasteiger partial charge on any atom is 0.262 e. The van der Waals surface area contributed by atoms with E-state index >= 15 is 4.39 Å². The lowest BCUT2D eigenvalue weighted by Crippen LogP contribution is -2.54. The number of halogens is 2. The van der Waals surface area contributed by atoms with E-state index in [4.69, 9.17) is 16.3 Å². The molecule has 3 aromatic carbocycles. The molecule has 4 aliphatic heterocycles. The third kappa shape index (κ3) is 8.48. The molecule has 0 saturated carbocycles. The predicted octanol–water partition coefficient (Wildman–Crippen LogP) is 6.51. The van der Waals surface area contributed by atoms with Gasteiger partial charge in [-0.15, -0.1) is 0 Å². The number of carbonyl (C=O) groups is 4.